The van der Waals surface area contributed by atoms with Gasteiger partial charge in [0.2, 0.25) is 17.7 Å². The highest BCUT2D eigenvalue weighted by molar-refractivity contribution is 8.00. The van der Waals surface area contributed by atoms with Crippen LogP contribution in [-0.2, 0) is 14.4 Å². The van der Waals surface area contributed by atoms with Gasteiger partial charge in [-0.25, -0.2) is 4.39 Å². The number of amides is 3. The molecule has 0 bridgehead atoms. The van der Waals surface area contributed by atoms with Gasteiger partial charge in [-0.2, -0.15) is 0 Å². The summed E-state index contributed by atoms with van der Waals surface area (Å²) in [4.78, 5) is 35.3. The van der Waals surface area contributed by atoms with Gasteiger partial charge < -0.3 is 5.32 Å². The summed E-state index contributed by atoms with van der Waals surface area (Å²) in [6.07, 6.45) is 4.98. The second kappa shape index (κ2) is 10.0. The first-order chi connectivity index (χ1) is 12.0. The Labute approximate surface area is 150 Å². The third-order valence-electron chi connectivity index (χ3n) is 3.90. The van der Waals surface area contributed by atoms with E-state index < -0.39 is 0 Å². The number of thioether (sulfide) groups is 1. The lowest BCUT2D eigenvalue weighted by molar-refractivity contribution is -0.131. The molecule has 0 unspecified atom stereocenters. The first-order valence-corrected chi connectivity index (χ1v) is 9.42. The van der Waals surface area contributed by atoms with E-state index in [9.17, 15) is 18.8 Å². The summed E-state index contributed by atoms with van der Waals surface area (Å²) in [5, 5.41) is 2.61. The number of halogens is 1. The van der Waals surface area contributed by atoms with Crippen LogP contribution >= 0.6 is 11.8 Å². The zero-order valence-electron chi connectivity index (χ0n) is 13.8. The lowest BCUT2D eigenvalue weighted by Gasteiger charge is -2.20. The molecule has 0 atom stereocenters. The number of nitrogens with one attached hydrogen (secondary N) is 3. The average molecular weight is 367 g/mol. The Morgan fingerprint density at radius 2 is 1.60 bits per heavy atom. The molecule has 0 spiro atoms. The molecule has 2 rings (SSSR count). The van der Waals surface area contributed by atoms with Crippen molar-refractivity contribution in [2.75, 3.05) is 16.8 Å². The van der Waals surface area contributed by atoms with E-state index in [0.29, 0.717) is 5.69 Å². The van der Waals surface area contributed by atoms with Gasteiger partial charge in [0, 0.05) is 11.6 Å². The molecule has 6 nitrogen and oxygen atoms in total. The molecule has 1 aliphatic carbocycles. The first-order valence-electron chi connectivity index (χ1n) is 8.26. The molecular formula is C17H22FN3O3S. The van der Waals surface area contributed by atoms with Crippen LogP contribution in [0, 0.1) is 11.7 Å². The van der Waals surface area contributed by atoms with E-state index in [1.165, 1.54) is 24.3 Å². The number of carbonyl (C=O) groups is 3. The first kappa shape index (κ1) is 19.2. The molecule has 3 N–H and O–H groups in total. The molecule has 136 valence electrons. The number of rotatable bonds is 6. The van der Waals surface area contributed by atoms with E-state index in [4.69, 9.17) is 0 Å². The SMILES string of the molecule is O=C(CSCC(=O)Nc1ccc(F)cc1)NNC(=O)C1CCCCC1. The van der Waals surface area contributed by atoms with Crippen LogP contribution in [0.5, 0.6) is 0 Å². The van der Waals surface area contributed by atoms with Crippen LogP contribution in [0.2, 0.25) is 0 Å². The molecular weight excluding hydrogens is 345 g/mol. The Kier molecular flexibility index (Phi) is 7.72. The van der Waals surface area contributed by atoms with Gasteiger partial charge in [0.25, 0.3) is 0 Å². The number of anilines is 1. The van der Waals surface area contributed by atoms with Gasteiger partial charge in [-0.3, -0.25) is 25.2 Å². The summed E-state index contributed by atoms with van der Waals surface area (Å²) >= 11 is 1.13. The largest absolute Gasteiger partial charge is 0.325 e. The number of hydrogen-bond acceptors (Lipinski definition) is 4. The van der Waals surface area contributed by atoms with Crippen molar-refractivity contribution in [2.45, 2.75) is 32.1 Å². The third kappa shape index (κ3) is 7.13. The van der Waals surface area contributed by atoms with E-state index in [-0.39, 0.29) is 41.0 Å². The Balaban J connectivity index is 1.59. The van der Waals surface area contributed by atoms with Gasteiger partial charge in [-0.15, -0.1) is 11.8 Å². The summed E-state index contributed by atoms with van der Waals surface area (Å²) in [6.45, 7) is 0. The topological polar surface area (TPSA) is 87.3 Å². The Morgan fingerprint density at radius 1 is 0.960 bits per heavy atom. The van der Waals surface area contributed by atoms with Crippen molar-refractivity contribution in [3.05, 3.63) is 30.1 Å². The van der Waals surface area contributed by atoms with Gasteiger partial charge in [-0.05, 0) is 37.1 Å². The van der Waals surface area contributed by atoms with Crippen molar-refractivity contribution >= 4 is 35.2 Å². The molecule has 1 aromatic rings. The maximum absolute atomic E-state index is 12.8. The van der Waals surface area contributed by atoms with Crippen LogP contribution in [0.25, 0.3) is 0 Å². The fourth-order valence-electron chi connectivity index (χ4n) is 2.60. The van der Waals surface area contributed by atoms with Crippen LogP contribution in [0.15, 0.2) is 24.3 Å². The van der Waals surface area contributed by atoms with Gasteiger partial charge >= 0.3 is 0 Å². The quantitative estimate of drug-likeness (QED) is 0.673. The number of hydrazine groups is 1. The minimum Gasteiger partial charge on any atom is -0.325 e. The van der Waals surface area contributed by atoms with Crippen molar-refractivity contribution in [1.29, 1.82) is 0 Å². The molecule has 0 aromatic heterocycles. The molecule has 1 aliphatic rings. The van der Waals surface area contributed by atoms with Crippen LogP contribution in [0.3, 0.4) is 0 Å². The summed E-state index contributed by atoms with van der Waals surface area (Å²) < 4.78 is 12.8. The molecule has 1 fully saturated rings. The van der Waals surface area contributed by atoms with Crippen LogP contribution in [-0.4, -0.2) is 29.2 Å². The molecule has 0 radical (unpaired) electrons. The molecule has 0 saturated heterocycles. The van der Waals surface area contributed by atoms with E-state index in [2.05, 4.69) is 16.2 Å². The third-order valence-corrected chi connectivity index (χ3v) is 4.83. The van der Waals surface area contributed by atoms with Crippen molar-refractivity contribution in [3.8, 4) is 0 Å². The van der Waals surface area contributed by atoms with Gasteiger partial charge in [0.15, 0.2) is 0 Å². The van der Waals surface area contributed by atoms with Crippen molar-refractivity contribution in [3.63, 3.8) is 0 Å². The summed E-state index contributed by atoms with van der Waals surface area (Å²) in [6, 6.07) is 5.44. The standard InChI is InChI=1S/C17H22FN3O3S/c18-13-6-8-14(9-7-13)19-15(22)10-25-11-16(23)20-21-17(24)12-4-2-1-3-5-12/h6-9,12H,1-5,10-11H2,(H,19,22)(H,20,23)(H,21,24). The second-order valence-electron chi connectivity index (χ2n) is 5.92. The highest BCUT2D eigenvalue weighted by Gasteiger charge is 2.21. The monoisotopic (exact) mass is 367 g/mol. The number of carbonyl (C=O) groups excluding carboxylic acids is 3. The maximum Gasteiger partial charge on any atom is 0.248 e. The lowest BCUT2D eigenvalue weighted by Crippen LogP contribution is -2.45. The zero-order valence-corrected chi connectivity index (χ0v) is 14.7. The smallest absolute Gasteiger partial charge is 0.248 e. The van der Waals surface area contributed by atoms with Crippen molar-refractivity contribution in [1.82, 2.24) is 10.9 Å². The van der Waals surface area contributed by atoms with Crippen LogP contribution < -0.4 is 16.2 Å². The minimum absolute atomic E-state index is 0.0248. The predicted molar refractivity (Wildman–Crippen MR) is 95.2 cm³/mol. The van der Waals surface area contributed by atoms with Crippen molar-refractivity contribution in [2.24, 2.45) is 5.92 Å². The summed E-state index contributed by atoms with van der Waals surface area (Å²) in [5.41, 5.74) is 5.32. The fourth-order valence-corrected chi connectivity index (χ4v) is 3.22. The fraction of sp³-hybridized carbons (Fsp3) is 0.471. The highest BCUT2D eigenvalue weighted by Crippen LogP contribution is 2.23. The zero-order chi connectivity index (χ0) is 18.1. The Bertz CT molecular complexity index is 604. The van der Waals surface area contributed by atoms with E-state index in [1.807, 2.05) is 0 Å². The predicted octanol–water partition coefficient (Wildman–Crippen LogP) is 2.23. The second-order valence-corrected chi connectivity index (χ2v) is 6.91. The highest BCUT2D eigenvalue weighted by atomic mass is 32.2. The maximum atomic E-state index is 12.8. The van der Waals surface area contributed by atoms with Crippen molar-refractivity contribution < 1.29 is 18.8 Å². The molecule has 0 heterocycles. The number of benzene rings is 1. The molecule has 3 amide bonds. The lowest BCUT2D eigenvalue weighted by atomic mass is 9.89. The summed E-state index contributed by atoms with van der Waals surface area (Å²) in [5.74, 6) is -1.04. The average Bonchev–Trinajstić information content (AvgIpc) is 2.62. The normalized spacial score (nSPS) is 14.6. The number of hydrogen-bond donors (Lipinski definition) is 3. The molecule has 25 heavy (non-hydrogen) atoms. The van der Waals surface area contributed by atoms with E-state index in [1.54, 1.807) is 0 Å². The Hall–Kier alpha value is -2.09. The molecule has 1 aromatic carbocycles. The van der Waals surface area contributed by atoms with Crippen LogP contribution in [0.4, 0.5) is 10.1 Å². The summed E-state index contributed by atoms with van der Waals surface area (Å²) in [7, 11) is 0. The Morgan fingerprint density at radius 3 is 2.28 bits per heavy atom. The van der Waals surface area contributed by atoms with Gasteiger partial charge in [0.1, 0.15) is 5.82 Å². The van der Waals surface area contributed by atoms with E-state index in [0.717, 1.165) is 43.9 Å². The van der Waals surface area contributed by atoms with E-state index >= 15 is 0 Å². The molecule has 0 aliphatic heterocycles. The van der Waals surface area contributed by atoms with Gasteiger partial charge in [-0.1, -0.05) is 19.3 Å². The minimum atomic E-state index is -0.376. The molecule has 8 heteroatoms. The van der Waals surface area contributed by atoms with Gasteiger partial charge in [0.05, 0.1) is 11.5 Å². The van der Waals surface area contributed by atoms with Crippen LogP contribution in [0.1, 0.15) is 32.1 Å². The molecule has 1 saturated carbocycles.